The SMILES string of the molecule is C[C@@H](NC(=O)c1cc2cc(F)c(F)cc2[nH]1)C(=O)N1CCC2(CC1)CC2. The van der Waals surface area contributed by atoms with Crippen LogP contribution in [0, 0.1) is 17.0 Å². The molecule has 0 radical (unpaired) electrons. The van der Waals surface area contributed by atoms with Gasteiger partial charge in [0.2, 0.25) is 5.91 Å². The molecule has 1 saturated carbocycles. The number of hydrogen-bond acceptors (Lipinski definition) is 2. The lowest BCUT2D eigenvalue weighted by atomic mass is 9.93. The zero-order valence-corrected chi connectivity index (χ0v) is 14.6. The van der Waals surface area contributed by atoms with Gasteiger partial charge in [-0.25, -0.2) is 8.78 Å². The second-order valence-electron chi connectivity index (χ2n) is 7.56. The lowest BCUT2D eigenvalue weighted by Crippen LogP contribution is -2.49. The van der Waals surface area contributed by atoms with Gasteiger partial charge in [0, 0.05) is 30.1 Å². The number of carbonyl (C=O) groups excluding carboxylic acids is 2. The molecule has 0 bridgehead atoms. The Labute approximate surface area is 149 Å². The van der Waals surface area contributed by atoms with Crippen LogP contribution in [-0.2, 0) is 4.79 Å². The first-order valence-electron chi connectivity index (χ1n) is 8.94. The second kappa shape index (κ2) is 6.07. The van der Waals surface area contributed by atoms with E-state index in [4.69, 9.17) is 0 Å². The largest absolute Gasteiger partial charge is 0.350 e. The number of benzene rings is 1. The highest BCUT2D eigenvalue weighted by Crippen LogP contribution is 2.53. The number of carbonyl (C=O) groups is 2. The number of nitrogens with one attached hydrogen (secondary N) is 2. The number of fused-ring (bicyclic) bond motifs is 1. The van der Waals surface area contributed by atoms with Crippen LogP contribution < -0.4 is 5.32 Å². The van der Waals surface area contributed by atoms with Crippen molar-refractivity contribution in [3.05, 3.63) is 35.5 Å². The van der Waals surface area contributed by atoms with E-state index in [1.54, 1.807) is 6.92 Å². The van der Waals surface area contributed by atoms with Crippen molar-refractivity contribution in [2.75, 3.05) is 13.1 Å². The lowest BCUT2D eigenvalue weighted by Gasteiger charge is -2.33. The predicted molar refractivity (Wildman–Crippen MR) is 92.6 cm³/mol. The van der Waals surface area contributed by atoms with Gasteiger partial charge in [-0.1, -0.05) is 0 Å². The average Bonchev–Trinajstić information content (AvgIpc) is 3.24. The van der Waals surface area contributed by atoms with Crippen LogP contribution in [0.5, 0.6) is 0 Å². The molecule has 1 aliphatic carbocycles. The Balaban J connectivity index is 1.41. The molecule has 1 aromatic heterocycles. The molecule has 5 nitrogen and oxygen atoms in total. The number of rotatable bonds is 3. The highest BCUT2D eigenvalue weighted by Gasteiger charge is 2.45. The van der Waals surface area contributed by atoms with Crippen molar-refractivity contribution in [3.8, 4) is 0 Å². The number of H-pyrrole nitrogens is 1. The van der Waals surface area contributed by atoms with E-state index in [1.807, 2.05) is 4.90 Å². The third kappa shape index (κ3) is 3.06. The summed E-state index contributed by atoms with van der Waals surface area (Å²) in [4.78, 5) is 29.5. The van der Waals surface area contributed by atoms with Gasteiger partial charge in [0.25, 0.3) is 5.91 Å². The maximum atomic E-state index is 13.3. The minimum Gasteiger partial charge on any atom is -0.350 e. The van der Waals surface area contributed by atoms with Crippen LogP contribution in [0.4, 0.5) is 8.78 Å². The van der Waals surface area contributed by atoms with Crippen molar-refractivity contribution in [2.24, 2.45) is 5.41 Å². The molecule has 138 valence electrons. The van der Waals surface area contributed by atoms with Gasteiger partial charge >= 0.3 is 0 Å². The number of likely N-dealkylation sites (tertiary alicyclic amines) is 1. The number of nitrogens with zero attached hydrogens (tertiary/aromatic N) is 1. The van der Waals surface area contributed by atoms with E-state index in [9.17, 15) is 18.4 Å². The first kappa shape index (κ1) is 17.0. The lowest BCUT2D eigenvalue weighted by molar-refractivity contribution is -0.134. The van der Waals surface area contributed by atoms with E-state index >= 15 is 0 Å². The van der Waals surface area contributed by atoms with Crippen molar-refractivity contribution >= 4 is 22.7 Å². The van der Waals surface area contributed by atoms with Crippen LogP contribution in [0.2, 0.25) is 0 Å². The highest BCUT2D eigenvalue weighted by molar-refractivity contribution is 6.00. The van der Waals surface area contributed by atoms with E-state index in [0.29, 0.717) is 16.3 Å². The van der Waals surface area contributed by atoms with Crippen LogP contribution in [0.1, 0.15) is 43.1 Å². The molecule has 0 unspecified atom stereocenters. The Kier molecular flexibility index (Phi) is 3.97. The molecular formula is C19H21F2N3O2. The number of aromatic amines is 1. The molecule has 1 atom stereocenters. The van der Waals surface area contributed by atoms with E-state index in [2.05, 4.69) is 10.3 Å². The summed E-state index contributed by atoms with van der Waals surface area (Å²) < 4.78 is 26.6. The van der Waals surface area contributed by atoms with Gasteiger partial charge in [-0.15, -0.1) is 0 Å². The summed E-state index contributed by atoms with van der Waals surface area (Å²) in [5.41, 5.74) is 0.983. The summed E-state index contributed by atoms with van der Waals surface area (Å²) in [6.45, 7) is 3.14. The van der Waals surface area contributed by atoms with Crippen molar-refractivity contribution in [1.82, 2.24) is 15.2 Å². The van der Waals surface area contributed by atoms with Crippen molar-refractivity contribution in [3.63, 3.8) is 0 Å². The summed E-state index contributed by atoms with van der Waals surface area (Å²) in [5.74, 6) is -2.51. The maximum absolute atomic E-state index is 13.3. The maximum Gasteiger partial charge on any atom is 0.268 e. The molecule has 2 aliphatic rings. The quantitative estimate of drug-likeness (QED) is 0.883. The minimum absolute atomic E-state index is 0.0953. The molecule has 2 N–H and O–H groups in total. The zero-order valence-electron chi connectivity index (χ0n) is 14.6. The molecule has 26 heavy (non-hydrogen) atoms. The first-order valence-corrected chi connectivity index (χ1v) is 8.94. The summed E-state index contributed by atoms with van der Waals surface area (Å²) in [5, 5.41) is 3.07. The number of hydrogen-bond donors (Lipinski definition) is 2. The van der Waals surface area contributed by atoms with Crippen LogP contribution >= 0.6 is 0 Å². The molecule has 4 rings (SSSR count). The fourth-order valence-electron chi connectivity index (χ4n) is 3.74. The Morgan fingerprint density at radius 3 is 2.42 bits per heavy atom. The molecule has 1 spiro atoms. The smallest absolute Gasteiger partial charge is 0.268 e. The normalized spacial score (nSPS) is 19.6. The molecular weight excluding hydrogens is 340 g/mol. The number of halogens is 2. The molecule has 1 aliphatic heterocycles. The molecule has 2 fully saturated rings. The van der Waals surface area contributed by atoms with Crippen LogP contribution in [-0.4, -0.2) is 40.8 Å². The van der Waals surface area contributed by atoms with Crippen molar-refractivity contribution < 1.29 is 18.4 Å². The summed E-state index contributed by atoms with van der Waals surface area (Å²) in [6, 6.07) is 2.84. The average molecular weight is 361 g/mol. The van der Waals surface area contributed by atoms with Gasteiger partial charge in [-0.3, -0.25) is 9.59 Å². The minimum atomic E-state index is -0.978. The number of piperidine rings is 1. The van der Waals surface area contributed by atoms with E-state index in [0.717, 1.165) is 38.1 Å². The van der Waals surface area contributed by atoms with Crippen molar-refractivity contribution in [2.45, 2.75) is 38.6 Å². The van der Waals surface area contributed by atoms with Crippen molar-refractivity contribution in [1.29, 1.82) is 0 Å². The van der Waals surface area contributed by atoms with Gasteiger partial charge in [0.1, 0.15) is 11.7 Å². The Hall–Kier alpha value is -2.44. The monoisotopic (exact) mass is 361 g/mol. The molecule has 2 amide bonds. The highest BCUT2D eigenvalue weighted by atomic mass is 19.2. The van der Waals surface area contributed by atoms with Gasteiger partial charge in [-0.05, 0) is 50.2 Å². The third-order valence-corrected chi connectivity index (χ3v) is 5.72. The first-order chi connectivity index (χ1) is 12.4. The van der Waals surface area contributed by atoms with Gasteiger partial charge in [0.15, 0.2) is 11.6 Å². The zero-order chi connectivity index (χ0) is 18.5. The number of aromatic nitrogens is 1. The van der Waals surface area contributed by atoms with Gasteiger partial charge in [-0.2, -0.15) is 0 Å². The Morgan fingerprint density at radius 2 is 1.77 bits per heavy atom. The van der Waals surface area contributed by atoms with E-state index < -0.39 is 23.6 Å². The Morgan fingerprint density at radius 1 is 1.12 bits per heavy atom. The summed E-state index contributed by atoms with van der Waals surface area (Å²) >= 11 is 0. The molecule has 1 aromatic carbocycles. The summed E-state index contributed by atoms with van der Waals surface area (Å²) in [6.07, 6.45) is 4.61. The standard InChI is InChI=1S/C19H21F2N3O2/c1-11(18(26)24-6-4-19(2-3-19)5-7-24)22-17(25)16-9-12-8-13(20)14(21)10-15(12)23-16/h8-11,23H,2-7H2,1H3,(H,22,25)/t11-/m1/s1. The molecule has 1 saturated heterocycles. The molecule has 7 heteroatoms. The fourth-order valence-corrected chi connectivity index (χ4v) is 3.74. The predicted octanol–water partition coefficient (Wildman–Crippen LogP) is 2.97. The third-order valence-electron chi connectivity index (χ3n) is 5.72. The van der Waals surface area contributed by atoms with E-state index in [1.165, 1.54) is 18.9 Å². The van der Waals surface area contributed by atoms with Gasteiger partial charge in [0.05, 0.1) is 0 Å². The Bertz CT molecular complexity index is 839. The summed E-state index contributed by atoms with van der Waals surface area (Å²) in [7, 11) is 0. The van der Waals surface area contributed by atoms with E-state index in [-0.39, 0.29) is 11.6 Å². The van der Waals surface area contributed by atoms with Gasteiger partial charge < -0.3 is 15.2 Å². The van der Waals surface area contributed by atoms with Crippen LogP contribution in [0.25, 0.3) is 10.9 Å². The number of amides is 2. The molecule has 2 heterocycles. The topological polar surface area (TPSA) is 65.2 Å². The molecule has 2 aromatic rings. The van der Waals surface area contributed by atoms with Crippen LogP contribution in [0.15, 0.2) is 18.2 Å². The fraction of sp³-hybridized carbons (Fsp3) is 0.474. The second-order valence-corrected chi connectivity index (χ2v) is 7.56. The van der Waals surface area contributed by atoms with Crippen LogP contribution in [0.3, 0.4) is 0 Å².